The highest BCUT2D eigenvalue weighted by Gasteiger charge is 2.36. The number of carbonyl (C=O) groups excluding carboxylic acids is 1. The van der Waals surface area contributed by atoms with Crippen molar-refractivity contribution in [2.75, 3.05) is 19.5 Å². The second-order valence-electron chi connectivity index (χ2n) is 5.98. The van der Waals surface area contributed by atoms with Gasteiger partial charge in [0.05, 0.1) is 14.2 Å². The lowest BCUT2D eigenvalue weighted by Gasteiger charge is -2.08. The number of benzene rings is 1. The van der Waals surface area contributed by atoms with Crippen LogP contribution in [0.4, 0.5) is 5.69 Å². The van der Waals surface area contributed by atoms with Gasteiger partial charge in [0.1, 0.15) is 23.0 Å². The first-order valence-electron chi connectivity index (χ1n) is 7.91. The highest BCUT2D eigenvalue weighted by molar-refractivity contribution is 6.02. The number of ether oxygens (including phenoxy) is 2. The molecule has 2 aromatic rings. The summed E-state index contributed by atoms with van der Waals surface area (Å²) < 4.78 is 16.1. The molecule has 3 rings (SSSR count). The Morgan fingerprint density at radius 2 is 1.88 bits per heavy atom. The highest BCUT2D eigenvalue weighted by atomic mass is 16.5. The van der Waals surface area contributed by atoms with Crippen molar-refractivity contribution in [3.05, 3.63) is 47.9 Å². The molecule has 24 heavy (non-hydrogen) atoms. The Morgan fingerprint density at radius 3 is 2.46 bits per heavy atom. The van der Waals surface area contributed by atoms with E-state index >= 15 is 0 Å². The third-order valence-corrected chi connectivity index (χ3v) is 4.14. The summed E-state index contributed by atoms with van der Waals surface area (Å²) in [5.74, 6) is 3.89. The van der Waals surface area contributed by atoms with Crippen LogP contribution in [0.2, 0.25) is 0 Å². The van der Waals surface area contributed by atoms with Gasteiger partial charge in [-0.2, -0.15) is 0 Å². The SMILES string of the molecule is COc1cc(NC(=O)C=Cc2ccc(C3CC3C)o2)cc(OC)c1. The van der Waals surface area contributed by atoms with Gasteiger partial charge in [-0.1, -0.05) is 6.92 Å². The first-order valence-corrected chi connectivity index (χ1v) is 7.91. The molecule has 1 fully saturated rings. The molecule has 1 heterocycles. The van der Waals surface area contributed by atoms with Gasteiger partial charge >= 0.3 is 0 Å². The van der Waals surface area contributed by atoms with E-state index in [4.69, 9.17) is 13.9 Å². The first-order chi connectivity index (χ1) is 11.6. The van der Waals surface area contributed by atoms with Crippen LogP contribution in [0, 0.1) is 5.92 Å². The summed E-state index contributed by atoms with van der Waals surface area (Å²) in [6.07, 6.45) is 4.29. The zero-order chi connectivity index (χ0) is 17.1. The number of hydrogen-bond acceptors (Lipinski definition) is 4. The van der Waals surface area contributed by atoms with Crippen LogP contribution in [0.25, 0.3) is 6.08 Å². The van der Waals surface area contributed by atoms with E-state index in [9.17, 15) is 4.79 Å². The Bertz CT molecular complexity index is 740. The maximum atomic E-state index is 12.1. The third kappa shape index (κ3) is 3.79. The normalized spacial score (nSPS) is 19.3. The first kappa shape index (κ1) is 16.2. The van der Waals surface area contributed by atoms with Gasteiger partial charge in [-0.3, -0.25) is 4.79 Å². The largest absolute Gasteiger partial charge is 0.497 e. The van der Waals surface area contributed by atoms with Crippen LogP contribution in [-0.2, 0) is 4.79 Å². The third-order valence-electron chi connectivity index (χ3n) is 4.14. The maximum absolute atomic E-state index is 12.1. The summed E-state index contributed by atoms with van der Waals surface area (Å²) in [7, 11) is 3.13. The van der Waals surface area contributed by atoms with Crippen molar-refractivity contribution in [3.63, 3.8) is 0 Å². The summed E-state index contributed by atoms with van der Waals surface area (Å²) >= 11 is 0. The fourth-order valence-electron chi connectivity index (χ4n) is 2.60. The number of amides is 1. The second kappa shape index (κ2) is 6.83. The van der Waals surface area contributed by atoms with Crippen molar-refractivity contribution in [1.82, 2.24) is 0 Å². The van der Waals surface area contributed by atoms with E-state index in [0.29, 0.717) is 34.8 Å². The Balaban J connectivity index is 1.63. The molecule has 0 radical (unpaired) electrons. The molecule has 1 amide bonds. The van der Waals surface area contributed by atoms with E-state index in [1.54, 1.807) is 38.5 Å². The average Bonchev–Trinajstić information content (AvgIpc) is 3.12. The molecule has 1 saturated carbocycles. The van der Waals surface area contributed by atoms with E-state index in [-0.39, 0.29) is 5.91 Å². The predicted octanol–water partition coefficient (Wildman–Crippen LogP) is 4.07. The van der Waals surface area contributed by atoms with E-state index in [0.717, 1.165) is 5.76 Å². The predicted molar refractivity (Wildman–Crippen MR) is 92.4 cm³/mol. The second-order valence-corrected chi connectivity index (χ2v) is 5.98. The molecule has 126 valence electrons. The van der Waals surface area contributed by atoms with Crippen LogP contribution in [0.3, 0.4) is 0 Å². The summed E-state index contributed by atoms with van der Waals surface area (Å²) in [4.78, 5) is 12.1. The topological polar surface area (TPSA) is 60.7 Å². The number of rotatable bonds is 6. The van der Waals surface area contributed by atoms with Crippen molar-refractivity contribution < 1.29 is 18.7 Å². The number of furan rings is 1. The van der Waals surface area contributed by atoms with Crippen LogP contribution in [-0.4, -0.2) is 20.1 Å². The van der Waals surface area contributed by atoms with Crippen molar-refractivity contribution >= 4 is 17.7 Å². The van der Waals surface area contributed by atoms with Crippen molar-refractivity contribution in [2.45, 2.75) is 19.3 Å². The molecule has 0 bridgehead atoms. The molecule has 0 aliphatic heterocycles. The van der Waals surface area contributed by atoms with Crippen molar-refractivity contribution in [2.24, 2.45) is 5.92 Å². The Kier molecular flexibility index (Phi) is 4.60. The summed E-state index contributed by atoms with van der Waals surface area (Å²) in [6, 6.07) is 9.08. The smallest absolute Gasteiger partial charge is 0.248 e. The quantitative estimate of drug-likeness (QED) is 0.812. The lowest BCUT2D eigenvalue weighted by Crippen LogP contribution is -2.08. The zero-order valence-corrected chi connectivity index (χ0v) is 14.0. The maximum Gasteiger partial charge on any atom is 0.248 e. The minimum Gasteiger partial charge on any atom is -0.497 e. The molecular weight excluding hydrogens is 306 g/mol. The standard InChI is InChI=1S/C19H21NO4/c1-12-8-17(12)18-6-4-14(24-18)5-7-19(21)20-13-9-15(22-2)11-16(10-13)23-3/h4-7,9-12,17H,8H2,1-3H3,(H,20,21). The summed E-state index contributed by atoms with van der Waals surface area (Å²) in [6.45, 7) is 2.21. The van der Waals surface area contributed by atoms with Crippen LogP contribution >= 0.6 is 0 Å². The molecule has 0 spiro atoms. The number of anilines is 1. The van der Waals surface area contributed by atoms with Crippen molar-refractivity contribution in [3.8, 4) is 11.5 Å². The van der Waals surface area contributed by atoms with Gasteiger partial charge in [0.25, 0.3) is 0 Å². The molecule has 5 heteroatoms. The van der Waals surface area contributed by atoms with Crippen molar-refractivity contribution in [1.29, 1.82) is 0 Å². The molecule has 1 aromatic carbocycles. The van der Waals surface area contributed by atoms with Gasteiger partial charge in [-0.25, -0.2) is 0 Å². The summed E-state index contributed by atoms with van der Waals surface area (Å²) in [5.41, 5.74) is 0.604. The number of nitrogens with one attached hydrogen (secondary N) is 1. The van der Waals surface area contributed by atoms with Crippen LogP contribution < -0.4 is 14.8 Å². The van der Waals surface area contributed by atoms with E-state index in [1.807, 2.05) is 12.1 Å². The molecule has 1 N–H and O–H groups in total. The van der Waals surface area contributed by atoms with E-state index < -0.39 is 0 Å². The number of methoxy groups -OCH3 is 2. The lowest BCUT2D eigenvalue weighted by atomic mass is 10.2. The fraction of sp³-hybridized carbons (Fsp3) is 0.316. The van der Waals surface area contributed by atoms with Gasteiger partial charge < -0.3 is 19.2 Å². The van der Waals surface area contributed by atoms with Crippen LogP contribution in [0.1, 0.15) is 30.8 Å². The Hall–Kier alpha value is -2.69. The van der Waals surface area contributed by atoms with Crippen LogP contribution in [0.15, 0.2) is 40.8 Å². The van der Waals surface area contributed by atoms with Gasteiger partial charge in [-0.15, -0.1) is 0 Å². The fourth-order valence-corrected chi connectivity index (χ4v) is 2.60. The van der Waals surface area contributed by atoms with Gasteiger partial charge in [0.15, 0.2) is 0 Å². The Morgan fingerprint density at radius 1 is 1.21 bits per heavy atom. The monoisotopic (exact) mass is 327 g/mol. The summed E-state index contributed by atoms with van der Waals surface area (Å²) in [5, 5.41) is 2.78. The number of carbonyl (C=O) groups is 1. The number of hydrogen-bond donors (Lipinski definition) is 1. The van der Waals surface area contributed by atoms with Gasteiger partial charge in [-0.05, 0) is 30.5 Å². The van der Waals surface area contributed by atoms with E-state index in [1.165, 1.54) is 12.5 Å². The van der Waals surface area contributed by atoms with E-state index in [2.05, 4.69) is 12.2 Å². The minimum atomic E-state index is -0.247. The minimum absolute atomic E-state index is 0.247. The Labute approximate surface area is 141 Å². The molecular formula is C19H21NO4. The molecule has 2 unspecified atom stereocenters. The average molecular weight is 327 g/mol. The molecule has 1 aliphatic rings. The van der Waals surface area contributed by atoms with Gasteiger partial charge in [0, 0.05) is 35.9 Å². The molecule has 1 aromatic heterocycles. The van der Waals surface area contributed by atoms with Crippen LogP contribution in [0.5, 0.6) is 11.5 Å². The molecule has 5 nitrogen and oxygen atoms in total. The molecule has 0 saturated heterocycles. The lowest BCUT2D eigenvalue weighted by molar-refractivity contribution is -0.111. The molecule has 1 aliphatic carbocycles. The molecule has 2 atom stereocenters. The van der Waals surface area contributed by atoms with Gasteiger partial charge in [0.2, 0.25) is 5.91 Å². The highest BCUT2D eigenvalue weighted by Crippen LogP contribution is 2.47. The zero-order valence-electron chi connectivity index (χ0n) is 14.0.